The molecule has 0 aliphatic heterocycles. The van der Waals surface area contributed by atoms with Crippen molar-refractivity contribution in [2.24, 2.45) is 0 Å². The number of rotatable bonds is 10. The molecule has 5 heteroatoms. The van der Waals surface area contributed by atoms with Crippen molar-refractivity contribution >= 4 is 11.6 Å². The lowest BCUT2D eigenvalue weighted by Crippen LogP contribution is -2.27. The van der Waals surface area contributed by atoms with Gasteiger partial charge < -0.3 is 20.1 Å². The van der Waals surface area contributed by atoms with Crippen LogP contribution in [-0.2, 0) is 11.2 Å². The molecular weight excluding hydrogens is 340 g/mol. The Labute approximate surface area is 162 Å². The van der Waals surface area contributed by atoms with Crippen molar-refractivity contribution in [3.8, 4) is 11.5 Å². The second-order valence-electron chi connectivity index (χ2n) is 6.74. The molecule has 0 aliphatic carbocycles. The van der Waals surface area contributed by atoms with E-state index >= 15 is 0 Å². The van der Waals surface area contributed by atoms with Gasteiger partial charge in [-0.1, -0.05) is 32.0 Å². The highest BCUT2D eigenvalue weighted by Crippen LogP contribution is 2.27. The molecule has 0 saturated carbocycles. The van der Waals surface area contributed by atoms with Gasteiger partial charge in [-0.05, 0) is 47.7 Å². The van der Waals surface area contributed by atoms with Gasteiger partial charge in [-0.15, -0.1) is 0 Å². The minimum atomic E-state index is 0.0433. The molecule has 2 rings (SSSR count). The summed E-state index contributed by atoms with van der Waals surface area (Å²) in [6, 6.07) is 14.2. The SMILES string of the molecule is COc1ccc(CCNC(=O)CCNc2ccc(C(C)C)cc2)cc1OC. The first kappa shape index (κ1) is 20.6. The molecule has 0 atom stereocenters. The lowest BCUT2D eigenvalue weighted by molar-refractivity contribution is -0.120. The van der Waals surface area contributed by atoms with Crippen LogP contribution in [0.4, 0.5) is 5.69 Å². The Balaban J connectivity index is 1.69. The molecule has 0 bridgehead atoms. The van der Waals surface area contributed by atoms with Gasteiger partial charge in [-0.2, -0.15) is 0 Å². The molecule has 5 nitrogen and oxygen atoms in total. The summed E-state index contributed by atoms with van der Waals surface area (Å²) in [5.74, 6) is 1.98. The zero-order valence-electron chi connectivity index (χ0n) is 16.7. The summed E-state index contributed by atoms with van der Waals surface area (Å²) in [6.45, 7) is 5.56. The smallest absolute Gasteiger partial charge is 0.221 e. The number of hydrogen-bond donors (Lipinski definition) is 2. The van der Waals surface area contributed by atoms with E-state index in [0.29, 0.717) is 36.9 Å². The predicted molar refractivity (Wildman–Crippen MR) is 110 cm³/mol. The molecule has 0 saturated heterocycles. The number of nitrogens with one attached hydrogen (secondary N) is 2. The lowest BCUT2D eigenvalue weighted by atomic mass is 10.0. The Morgan fingerprint density at radius 2 is 1.67 bits per heavy atom. The molecule has 146 valence electrons. The zero-order valence-corrected chi connectivity index (χ0v) is 16.7. The Hall–Kier alpha value is -2.69. The number of amides is 1. The van der Waals surface area contributed by atoms with E-state index in [9.17, 15) is 4.79 Å². The highest BCUT2D eigenvalue weighted by Gasteiger charge is 2.06. The average molecular weight is 370 g/mol. The molecule has 0 unspecified atom stereocenters. The molecule has 1 amide bonds. The van der Waals surface area contributed by atoms with Crippen LogP contribution in [0.15, 0.2) is 42.5 Å². The summed E-state index contributed by atoms with van der Waals surface area (Å²) in [5.41, 5.74) is 3.45. The lowest BCUT2D eigenvalue weighted by Gasteiger charge is -2.11. The summed E-state index contributed by atoms with van der Waals surface area (Å²) in [5, 5.41) is 6.24. The first-order valence-corrected chi connectivity index (χ1v) is 9.35. The van der Waals surface area contributed by atoms with Crippen LogP contribution in [0.2, 0.25) is 0 Å². The maximum atomic E-state index is 12.0. The van der Waals surface area contributed by atoms with Gasteiger partial charge in [0.1, 0.15) is 0 Å². The van der Waals surface area contributed by atoms with E-state index in [2.05, 4.69) is 48.7 Å². The van der Waals surface area contributed by atoms with Crippen LogP contribution in [0.5, 0.6) is 11.5 Å². The van der Waals surface area contributed by atoms with E-state index in [4.69, 9.17) is 9.47 Å². The fraction of sp³-hybridized carbons (Fsp3) is 0.409. The van der Waals surface area contributed by atoms with E-state index < -0.39 is 0 Å². The molecule has 2 N–H and O–H groups in total. The molecular formula is C22H30N2O3. The van der Waals surface area contributed by atoms with Crippen molar-refractivity contribution in [3.05, 3.63) is 53.6 Å². The third kappa shape index (κ3) is 6.51. The molecule has 0 aromatic heterocycles. The minimum Gasteiger partial charge on any atom is -0.493 e. The average Bonchev–Trinajstić information content (AvgIpc) is 2.68. The Kier molecular flexibility index (Phi) is 7.99. The topological polar surface area (TPSA) is 59.6 Å². The van der Waals surface area contributed by atoms with Gasteiger partial charge in [0.15, 0.2) is 11.5 Å². The fourth-order valence-corrected chi connectivity index (χ4v) is 2.78. The Morgan fingerprint density at radius 3 is 2.30 bits per heavy atom. The van der Waals surface area contributed by atoms with E-state index in [1.165, 1.54) is 5.56 Å². The van der Waals surface area contributed by atoms with Crippen LogP contribution in [-0.4, -0.2) is 33.2 Å². The number of methoxy groups -OCH3 is 2. The van der Waals surface area contributed by atoms with Gasteiger partial charge in [0.2, 0.25) is 5.91 Å². The van der Waals surface area contributed by atoms with Crippen LogP contribution in [0, 0.1) is 0 Å². The van der Waals surface area contributed by atoms with Crippen molar-refractivity contribution in [3.63, 3.8) is 0 Å². The first-order valence-electron chi connectivity index (χ1n) is 9.35. The van der Waals surface area contributed by atoms with Crippen LogP contribution in [0.3, 0.4) is 0 Å². The summed E-state index contributed by atoms with van der Waals surface area (Å²) in [4.78, 5) is 12.0. The van der Waals surface area contributed by atoms with Gasteiger partial charge in [-0.25, -0.2) is 0 Å². The first-order chi connectivity index (χ1) is 13.0. The van der Waals surface area contributed by atoms with Crippen LogP contribution >= 0.6 is 0 Å². The number of ether oxygens (including phenoxy) is 2. The van der Waals surface area contributed by atoms with Gasteiger partial charge in [0.25, 0.3) is 0 Å². The van der Waals surface area contributed by atoms with Crippen molar-refractivity contribution in [2.75, 3.05) is 32.6 Å². The highest BCUT2D eigenvalue weighted by atomic mass is 16.5. The predicted octanol–water partition coefficient (Wildman–Crippen LogP) is 3.99. The zero-order chi connectivity index (χ0) is 19.6. The van der Waals surface area contributed by atoms with Crippen molar-refractivity contribution in [2.45, 2.75) is 32.6 Å². The van der Waals surface area contributed by atoms with E-state index in [-0.39, 0.29) is 5.91 Å². The van der Waals surface area contributed by atoms with Gasteiger partial charge in [0.05, 0.1) is 14.2 Å². The normalized spacial score (nSPS) is 10.6. The maximum Gasteiger partial charge on any atom is 0.221 e. The number of carbonyl (C=O) groups is 1. The standard InChI is InChI=1S/C22H30N2O3/c1-16(2)18-6-8-19(9-7-18)23-14-12-22(25)24-13-11-17-5-10-20(26-3)21(15-17)27-4/h5-10,15-16,23H,11-14H2,1-4H3,(H,24,25). The molecule has 0 aliphatic rings. The van der Waals surface area contributed by atoms with Crippen LogP contribution in [0.1, 0.15) is 37.3 Å². The maximum absolute atomic E-state index is 12.0. The van der Waals surface area contributed by atoms with Gasteiger partial charge in [-0.3, -0.25) is 4.79 Å². The minimum absolute atomic E-state index is 0.0433. The summed E-state index contributed by atoms with van der Waals surface area (Å²) in [7, 11) is 3.23. The third-order valence-corrected chi connectivity index (χ3v) is 4.44. The number of anilines is 1. The summed E-state index contributed by atoms with van der Waals surface area (Å²) >= 11 is 0. The number of hydrogen-bond acceptors (Lipinski definition) is 4. The molecule has 2 aromatic carbocycles. The van der Waals surface area contributed by atoms with E-state index in [0.717, 1.165) is 17.7 Å². The second-order valence-corrected chi connectivity index (χ2v) is 6.74. The number of carbonyl (C=O) groups excluding carboxylic acids is 1. The van der Waals surface area contributed by atoms with Crippen molar-refractivity contribution in [1.82, 2.24) is 5.32 Å². The quantitative estimate of drug-likeness (QED) is 0.664. The molecule has 2 aromatic rings. The molecule has 0 spiro atoms. The molecule has 0 fully saturated rings. The van der Waals surface area contributed by atoms with Crippen molar-refractivity contribution < 1.29 is 14.3 Å². The molecule has 27 heavy (non-hydrogen) atoms. The van der Waals surface area contributed by atoms with Crippen molar-refractivity contribution in [1.29, 1.82) is 0 Å². The fourth-order valence-electron chi connectivity index (χ4n) is 2.78. The van der Waals surface area contributed by atoms with Crippen LogP contribution < -0.4 is 20.1 Å². The van der Waals surface area contributed by atoms with Gasteiger partial charge in [0, 0.05) is 25.2 Å². The molecule has 0 radical (unpaired) electrons. The second kappa shape index (κ2) is 10.5. The Morgan fingerprint density at radius 1 is 0.963 bits per heavy atom. The number of benzene rings is 2. The monoisotopic (exact) mass is 370 g/mol. The third-order valence-electron chi connectivity index (χ3n) is 4.44. The van der Waals surface area contributed by atoms with Gasteiger partial charge >= 0.3 is 0 Å². The van der Waals surface area contributed by atoms with Crippen LogP contribution in [0.25, 0.3) is 0 Å². The van der Waals surface area contributed by atoms with E-state index in [1.807, 2.05) is 18.2 Å². The highest BCUT2D eigenvalue weighted by molar-refractivity contribution is 5.76. The Bertz CT molecular complexity index is 727. The summed E-state index contributed by atoms with van der Waals surface area (Å²) < 4.78 is 10.5. The largest absolute Gasteiger partial charge is 0.493 e. The van der Waals surface area contributed by atoms with E-state index in [1.54, 1.807) is 14.2 Å². The molecule has 0 heterocycles. The summed E-state index contributed by atoms with van der Waals surface area (Å²) in [6.07, 6.45) is 1.19.